The van der Waals surface area contributed by atoms with Crippen molar-refractivity contribution in [2.24, 2.45) is 0 Å². The Kier molecular flexibility index (Phi) is 7.10. The average molecular weight is 321 g/mol. The van der Waals surface area contributed by atoms with Crippen molar-refractivity contribution >= 4 is 17.7 Å². The maximum absolute atomic E-state index is 12.1. The van der Waals surface area contributed by atoms with E-state index in [0.717, 1.165) is 24.3 Å². The summed E-state index contributed by atoms with van der Waals surface area (Å²) < 4.78 is 5.71. The maximum Gasteiger partial charge on any atom is 0.233 e. The average Bonchev–Trinajstić information content (AvgIpc) is 2.52. The first kappa shape index (κ1) is 17.2. The lowest BCUT2D eigenvalue weighted by atomic mass is 9.95. The standard InChI is InChI=1S/C18H27NO2S/c1-14-7-6-10-17(13-14)21-11-12-22-15(2)18(20)19-16-8-4-3-5-9-16/h6-7,10,13,15-16H,3-5,8-9,11-12H2,1-2H3,(H,19,20). The second kappa shape index (κ2) is 9.09. The van der Waals surface area contributed by atoms with Crippen molar-refractivity contribution in [3.8, 4) is 5.75 Å². The fraction of sp³-hybridized carbons (Fsp3) is 0.611. The van der Waals surface area contributed by atoms with E-state index >= 15 is 0 Å². The fourth-order valence-corrected chi connectivity index (χ4v) is 3.48. The van der Waals surface area contributed by atoms with Crippen LogP contribution in [0.25, 0.3) is 0 Å². The van der Waals surface area contributed by atoms with Crippen LogP contribution in [0.5, 0.6) is 5.75 Å². The van der Waals surface area contributed by atoms with Gasteiger partial charge in [0.25, 0.3) is 0 Å². The Morgan fingerprint density at radius 3 is 2.86 bits per heavy atom. The van der Waals surface area contributed by atoms with Crippen LogP contribution in [0.2, 0.25) is 0 Å². The molecule has 1 aliphatic carbocycles. The van der Waals surface area contributed by atoms with Crippen LogP contribution in [-0.4, -0.2) is 29.6 Å². The molecule has 22 heavy (non-hydrogen) atoms. The third kappa shape index (κ3) is 5.91. The minimum Gasteiger partial charge on any atom is -0.493 e. The van der Waals surface area contributed by atoms with Crippen molar-refractivity contribution in [2.45, 2.75) is 57.2 Å². The van der Waals surface area contributed by atoms with Crippen molar-refractivity contribution in [3.05, 3.63) is 29.8 Å². The van der Waals surface area contributed by atoms with Crippen LogP contribution in [-0.2, 0) is 4.79 Å². The Balaban J connectivity index is 1.62. The van der Waals surface area contributed by atoms with Crippen molar-refractivity contribution in [3.63, 3.8) is 0 Å². The van der Waals surface area contributed by atoms with Crippen molar-refractivity contribution < 1.29 is 9.53 Å². The van der Waals surface area contributed by atoms with E-state index in [-0.39, 0.29) is 11.2 Å². The predicted molar refractivity (Wildman–Crippen MR) is 93.6 cm³/mol. The third-order valence-corrected chi connectivity index (χ3v) is 5.15. The highest BCUT2D eigenvalue weighted by Crippen LogP contribution is 2.19. The molecule has 1 aliphatic rings. The zero-order chi connectivity index (χ0) is 15.8. The SMILES string of the molecule is Cc1cccc(OCCSC(C)C(=O)NC2CCCCC2)c1. The van der Waals surface area contributed by atoms with E-state index in [2.05, 4.69) is 18.3 Å². The molecule has 1 unspecified atom stereocenters. The number of amides is 1. The van der Waals surface area contributed by atoms with Crippen molar-refractivity contribution in [2.75, 3.05) is 12.4 Å². The van der Waals surface area contributed by atoms with E-state index in [1.165, 1.54) is 24.8 Å². The monoisotopic (exact) mass is 321 g/mol. The fourth-order valence-electron chi connectivity index (χ4n) is 2.73. The van der Waals surface area contributed by atoms with Crippen LogP contribution in [0.1, 0.15) is 44.6 Å². The number of carbonyl (C=O) groups is 1. The molecular formula is C18H27NO2S. The number of benzene rings is 1. The predicted octanol–water partition coefficient (Wildman–Crippen LogP) is 3.94. The van der Waals surface area contributed by atoms with Crippen molar-refractivity contribution in [1.82, 2.24) is 5.32 Å². The smallest absolute Gasteiger partial charge is 0.233 e. The van der Waals surface area contributed by atoms with Crippen LogP contribution in [0, 0.1) is 6.92 Å². The van der Waals surface area contributed by atoms with Gasteiger partial charge >= 0.3 is 0 Å². The van der Waals surface area contributed by atoms with Gasteiger partial charge in [0.1, 0.15) is 5.75 Å². The molecule has 0 aliphatic heterocycles. The van der Waals surface area contributed by atoms with Gasteiger partial charge in [-0.25, -0.2) is 0 Å². The number of ether oxygens (including phenoxy) is 1. The summed E-state index contributed by atoms with van der Waals surface area (Å²) in [5.74, 6) is 1.90. The van der Waals surface area contributed by atoms with Crippen LogP contribution in [0.15, 0.2) is 24.3 Å². The molecule has 1 amide bonds. The van der Waals surface area contributed by atoms with E-state index in [9.17, 15) is 4.79 Å². The van der Waals surface area contributed by atoms with Gasteiger partial charge in [-0.3, -0.25) is 4.79 Å². The quantitative estimate of drug-likeness (QED) is 0.773. The summed E-state index contributed by atoms with van der Waals surface area (Å²) in [6, 6.07) is 8.45. The van der Waals surface area contributed by atoms with Gasteiger partial charge in [0, 0.05) is 11.8 Å². The Bertz CT molecular complexity index is 472. The molecule has 0 aromatic heterocycles. The van der Waals surface area contributed by atoms with Crippen LogP contribution in [0.4, 0.5) is 0 Å². The number of hydrogen-bond acceptors (Lipinski definition) is 3. The number of thioether (sulfide) groups is 1. The largest absolute Gasteiger partial charge is 0.493 e. The maximum atomic E-state index is 12.1. The number of hydrogen-bond donors (Lipinski definition) is 1. The van der Waals surface area contributed by atoms with Crippen LogP contribution in [0.3, 0.4) is 0 Å². The molecule has 1 saturated carbocycles. The second-order valence-corrected chi connectivity index (χ2v) is 7.47. The molecule has 1 aromatic rings. The van der Waals surface area contributed by atoms with Gasteiger partial charge in [0.2, 0.25) is 5.91 Å². The summed E-state index contributed by atoms with van der Waals surface area (Å²) in [7, 11) is 0. The highest BCUT2D eigenvalue weighted by molar-refractivity contribution is 8.00. The molecule has 0 heterocycles. The molecule has 122 valence electrons. The summed E-state index contributed by atoms with van der Waals surface area (Å²) in [5.41, 5.74) is 1.20. The lowest BCUT2D eigenvalue weighted by molar-refractivity contribution is -0.121. The summed E-state index contributed by atoms with van der Waals surface area (Å²) in [6.07, 6.45) is 6.08. The Hall–Kier alpha value is -1.16. The number of nitrogens with one attached hydrogen (secondary N) is 1. The molecule has 1 N–H and O–H groups in total. The van der Waals surface area contributed by atoms with Crippen LogP contribution >= 0.6 is 11.8 Å². The van der Waals surface area contributed by atoms with Gasteiger partial charge in [-0.1, -0.05) is 31.4 Å². The summed E-state index contributed by atoms with van der Waals surface area (Å²) in [4.78, 5) is 12.1. The van der Waals surface area contributed by atoms with Gasteiger partial charge in [-0.05, 0) is 44.4 Å². The Morgan fingerprint density at radius 1 is 1.36 bits per heavy atom. The van der Waals surface area contributed by atoms with E-state index in [1.807, 2.05) is 25.1 Å². The molecular weight excluding hydrogens is 294 g/mol. The van der Waals surface area contributed by atoms with Gasteiger partial charge in [0.05, 0.1) is 11.9 Å². The second-order valence-electron chi connectivity index (χ2n) is 6.02. The molecule has 0 saturated heterocycles. The first-order valence-electron chi connectivity index (χ1n) is 8.26. The zero-order valence-corrected chi connectivity index (χ0v) is 14.5. The number of carbonyl (C=O) groups excluding carboxylic acids is 1. The minimum atomic E-state index is -0.0111. The van der Waals surface area contributed by atoms with Crippen LogP contribution < -0.4 is 10.1 Å². The highest BCUT2D eigenvalue weighted by Gasteiger charge is 2.19. The molecule has 4 heteroatoms. The number of rotatable bonds is 7. The molecule has 0 bridgehead atoms. The molecule has 1 atom stereocenters. The molecule has 0 radical (unpaired) electrons. The normalized spacial score (nSPS) is 17.0. The minimum absolute atomic E-state index is 0.0111. The Morgan fingerprint density at radius 2 is 2.14 bits per heavy atom. The summed E-state index contributed by atoms with van der Waals surface area (Å²) in [6.45, 7) is 4.67. The van der Waals surface area contributed by atoms with E-state index < -0.39 is 0 Å². The summed E-state index contributed by atoms with van der Waals surface area (Å²) >= 11 is 1.66. The van der Waals surface area contributed by atoms with E-state index in [0.29, 0.717) is 12.6 Å². The highest BCUT2D eigenvalue weighted by atomic mass is 32.2. The van der Waals surface area contributed by atoms with E-state index in [4.69, 9.17) is 4.74 Å². The van der Waals surface area contributed by atoms with Gasteiger partial charge in [-0.2, -0.15) is 0 Å². The molecule has 2 rings (SSSR count). The van der Waals surface area contributed by atoms with Gasteiger partial charge in [0.15, 0.2) is 0 Å². The lowest BCUT2D eigenvalue weighted by Gasteiger charge is -2.24. The molecule has 1 aromatic carbocycles. The molecule has 0 spiro atoms. The lowest BCUT2D eigenvalue weighted by Crippen LogP contribution is -2.40. The van der Waals surface area contributed by atoms with Crippen molar-refractivity contribution in [1.29, 1.82) is 0 Å². The molecule has 1 fully saturated rings. The number of aryl methyl sites for hydroxylation is 1. The Labute approximate surface area is 138 Å². The first-order chi connectivity index (χ1) is 10.6. The van der Waals surface area contributed by atoms with Gasteiger partial charge < -0.3 is 10.1 Å². The van der Waals surface area contributed by atoms with E-state index in [1.54, 1.807) is 11.8 Å². The first-order valence-corrected chi connectivity index (χ1v) is 9.31. The summed E-state index contributed by atoms with van der Waals surface area (Å²) in [5, 5.41) is 3.17. The van der Waals surface area contributed by atoms with Gasteiger partial charge in [-0.15, -0.1) is 11.8 Å². The molecule has 3 nitrogen and oxygen atoms in total. The third-order valence-electron chi connectivity index (χ3n) is 4.03. The topological polar surface area (TPSA) is 38.3 Å². The zero-order valence-electron chi connectivity index (χ0n) is 13.6.